The Morgan fingerprint density at radius 1 is 1.17 bits per heavy atom. The average molecular weight is 499 g/mol. The second-order valence-corrected chi connectivity index (χ2v) is 11.2. The molecule has 4 rings (SSSR count). The molecule has 0 spiro atoms. The van der Waals surface area contributed by atoms with Crippen molar-refractivity contribution < 1.29 is 22.7 Å². The molecule has 0 aromatic heterocycles. The third-order valence-corrected chi connectivity index (χ3v) is 7.94. The van der Waals surface area contributed by atoms with Crippen molar-refractivity contribution >= 4 is 21.6 Å². The first-order valence-electron chi connectivity index (χ1n) is 12.2. The Hall–Kier alpha value is -2.84. The molecule has 1 unspecified atom stereocenters. The first-order valence-corrected chi connectivity index (χ1v) is 13.8. The van der Waals surface area contributed by atoms with Crippen molar-refractivity contribution in [3.8, 4) is 11.5 Å². The van der Waals surface area contributed by atoms with E-state index < -0.39 is 10.0 Å². The van der Waals surface area contributed by atoms with Gasteiger partial charge in [-0.05, 0) is 74.3 Å². The predicted octanol–water partition coefficient (Wildman–Crippen LogP) is 4.61. The van der Waals surface area contributed by atoms with Crippen LogP contribution < -0.4 is 19.5 Å². The van der Waals surface area contributed by atoms with Crippen LogP contribution in [0, 0.1) is 11.8 Å². The highest BCUT2D eigenvalue weighted by Crippen LogP contribution is 2.35. The summed E-state index contributed by atoms with van der Waals surface area (Å²) in [5.74, 6) is 1.86. The topological polar surface area (TPSA) is 93.7 Å². The van der Waals surface area contributed by atoms with Gasteiger partial charge in [-0.2, -0.15) is 0 Å². The minimum Gasteiger partial charge on any atom is -0.495 e. The number of hydrogen-bond donors (Lipinski definition) is 2. The van der Waals surface area contributed by atoms with Crippen molar-refractivity contribution in [2.24, 2.45) is 11.8 Å². The highest BCUT2D eigenvalue weighted by molar-refractivity contribution is 7.89. The van der Waals surface area contributed by atoms with Crippen molar-refractivity contribution in [1.29, 1.82) is 0 Å². The van der Waals surface area contributed by atoms with Gasteiger partial charge in [0, 0.05) is 12.0 Å². The molecular weight excluding hydrogens is 464 g/mol. The van der Waals surface area contributed by atoms with Gasteiger partial charge in [-0.1, -0.05) is 36.4 Å². The largest absolute Gasteiger partial charge is 0.495 e. The van der Waals surface area contributed by atoms with E-state index in [-0.39, 0.29) is 23.6 Å². The van der Waals surface area contributed by atoms with Crippen LogP contribution >= 0.6 is 0 Å². The summed E-state index contributed by atoms with van der Waals surface area (Å²) in [6.07, 6.45) is 7.75. The summed E-state index contributed by atoms with van der Waals surface area (Å²) < 4.78 is 39.1. The van der Waals surface area contributed by atoms with E-state index in [2.05, 4.69) is 10.0 Å². The summed E-state index contributed by atoms with van der Waals surface area (Å²) in [5, 5.41) is 2.94. The summed E-state index contributed by atoms with van der Waals surface area (Å²) in [6, 6.07) is 13.0. The number of benzene rings is 2. The van der Waals surface area contributed by atoms with Crippen LogP contribution in [-0.2, 0) is 21.2 Å². The van der Waals surface area contributed by atoms with Crippen molar-refractivity contribution in [1.82, 2.24) is 4.72 Å². The Bertz CT molecular complexity index is 1170. The molecule has 7 nitrogen and oxygen atoms in total. The maximum absolute atomic E-state index is 12.6. The molecule has 1 amide bonds. The number of hydrogen-bond acceptors (Lipinski definition) is 5. The molecule has 8 heteroatoms. The minimum absolute atomic E-state index is 0.0113. The summed E-state index contributed by atoms with van der Waals surface area (Å²) >= 11 is 0. The van der Waals surface area contributed by atoms with Gasteiger partial charge in [0.1, 0.15) is 11.5 Å². The van der Waals surface area contributed by atoms with Gasteiger partial charge in [0.15, 0.2) is 0 Å². The van der Waals surface area contributed by atoms with Crippen LogP contribution in [0.1, 0.15) is 49.8 Å². The molecule has 2 atom stereocenters. The van der Waals surface area contributed by atoms with E-state index in [0.717, 1.165) is 29.2 Å². The molecule has 2 aromatic carbocycles. The zero-order chi connectivity index (χ0) is 24.8. The van der Waals surface area contributed by atoms with Crippen LogP contribution in [0.15, 0.2) is 54.6 Å². The number of methoxy groups -OCH3 is 1. The number of anilines is 1. The molecule has 1 saturated carbocycles. The maximum Gasteiger partial charge on any atom is 0.228 e. The summed E-state index contributed by atoms with van der Waals surface area (Å²) in [7, 11) is -1.87. The van der Waals surface area contributed by atoms with Gasteiger partial charge < -0.3 is 14.8 Å². The normalized spacial score (nSPS) is 18.7. The summed E-state index contributed by atoms with van der Waals surface area (Å²) in [4.78, 5) is 12.5. The maximum atomic E-state index is 12.6. The SMILES string of the molecule is COc1cccc2c1NC(=O)C(C/C=C/CCS(=O)(=O)N[C@H](C)c1cccc(OCC3CC3)c1)C2. The molecule has 1 aliphatic carbocycles. The first kappa shape index (κ1) is 25.3. The van der Waals surface area contributed by atoms with Crippen LogP contribution in [0.5, 0.6) is 11.5 Å². The summed E-state index contributed by atoms with van der Waals surface area (Å²) in [5.41, 5.74) is 2.66. The van der Waals surface area contributed by atoms with Crippen molar-refractivity contribution in [3.63, 3.8) is 0 Å². The van der Waals surface area contributed by atoms with Crippen LogP contribution in [0.2, 0.25) is 0 Å². The van der Waals surface area contributed by atoms with E-state index >= 15 is 0 Å². The van der Waals surface area contributed by atoms with Crippen LogP contribution in [0.3, 0.4) is 0 Å². The fraction of sp³-hybridized carbons (Fsp3) is 0.444. The van der Waals surface area contributed by atoms with Gasteiger partial charge in [-0.25, -0.2) is 13.1 Å². The van der Waals surface area contributed by atoms with E-state index in [1.165, 1.54) is 12.8 Å². The molecule has 1 fully saturated rings. The Morgan fingerprint density at radius 2 is 1.97 bits per heavy atom. The van der Waals surface area contributed by atoms with Gasteiger partial charge in [-0.15, -0.1) is 0 Å². The second-order valence-electron chi connectivity index (χ2n) is 9.37. The smallest absolute Gasteiger partial charge is 0.228 e. The van der Waals surface area contributed by atoms with E-state index in [9.17, 15) is 13.2 Å². The minimum atomic E-state index is -3.46. The second kappa shape index (κ2) is 11.3. The Kier molecular flexibility index (Phi) is 8.13. The number of amides is 1. The molecular formula is C27H34N2O5S. The lowest BCUT2D eigenvalue weighted by Gasteiger charge is -2.25. The standard InChI is InChI=1S/C27H34N2O5S/c1-19(21-9-6-11-24(17-21)34-18-20-13-14-20)29-35(31,32)15-5-3-4-8-23-16-22-10-7-12-25(33-2)26(22)28-27(23)30/h3-4,6-7,9-12,17,19-20,23,29H,5,8,13-16,18H2,1-2H3,(H,28,30)/b4-3+/t19-,23?/m1/s1. The number of allylic oxidation sites excluding steroid dienone is 2. The number of ether oxygens (including phenoxy) is 2. The van der Waals surface area contributed by atoms with Gasteiger partial charge >= 0.3 is 0 Å². The highest BCUT2D eigenvalue weighted by Gasteiger charge is 2.27. The van der Waals surface area contributed by atoms with Gasteiger partial charge in [-0.3, -0.25) is 4.79 Å². The van der Waals surface area contributed by atoms with E-state index in [1.807, 2.05) is 61.5 Å². The van der Waals surface area contributed by atoms with Gasteiger partial charge in [0.2, 0.25) is 15.9 Å². The molecule has 2 N–H and O–H groups in total. The van der Waals surface area contributed by atoms with Crippen molar-refractivity contribution in [3.05, 3.63) is 65.7 Å². The molecule has 0 saturated heterocycles. The fourth-order valence-electron chi connectivity index (χ4n) is 4.20. The van der Waals surface area contributed by atoms with E-state index in [0.29, 0.717) is 30.9 Å². The molecule has 1 heterocycles. The molecule has 2 aliphatic rings. The third kappa shape index (κ3) is 7.08. The number of carbonyl (C=O) groups is 1. The van der Waals surface area contributed by atoms with Crippen LogP contribution in [0.4, 0.5) is 5.69 Å². The molecule has 35 heavy (non-hydrogen) atoms. The Morgan fingerprint density at radius 3 is 2.74 bits per heavy atom. The number of para-hydroxylation sites is 1. The zero-order valence-corrected chi connectivity index (χ0v) is 21.1. The molecule has 0 radical (unpaired) electrons. The van der Waals surface area contributed by atoms with Crippen LogP contribution in [0.25, 0.3) is 0 Å². The Labute approximate surface area is 208 Å². The quantitative estimate of drug-likeness (QED) is 0.417. The molecule has 188 valence electrons. The van der Waals surface area contributed by atoms with Gasteiger partial charge in [0.25, 0.3) is 0 Å². The molecule has 2 aromatic rings. The number of fused-ring (bicyclic) bond motifs is 1. The van der Waals surface area contributed by atoms with E-state index in [4.69, 9.17) is 9.47 Å². The van der Waals surface area contributed by atoms with E-state index in [1.54, 1.807) is 7.11 Å². The fourth-order valence-corrected chi connectivity index (χ4v) is 5.44. The van der Waals surface area contributed by atoms with Crippen molar-refractivity contribution in [2.75, 3.05) is 24.8 Å². The zero-order valence-electron chi connectivity index (χ0n) is 20.3. The lowest BCUT2D eigenvalue weighted by molar-refractivity contribution is -0.120. The molecule has 1 aliphatic heterocycles. The lowest BCUT2D eigenvalue weighted by atomic mass is 9.90. The highest BCUT2D eigenvalue weighted by atomic mass is 32.2. The average Bonchev–Trinajstić information content (AvgIpc) is 3.67. The Balaban J connectivity index is 1.23. The third-order valence-electron chi connectivity index (χ3n) is 6.46. The molecule has 0 bridgehead atoms. The predicted molar refractivity (Wildman–Crippen MR) is 137 cm³/mol. The number of rotatable bonds is 12. The number of carbonyl (C=O) groups excluding carboxylic acids is 1. The summed E-state index contributed by atoms with van der Waals surface area (Å²) in [6.45, 7) is 2.56. The van der Waals surface area contributed by atoms with Crippen molar-refractivity contribution in [2.45, 2.75) is 45.1 Å². The number of nitrogens with one attached hydrogen (secondary N) is 2. The lowest BCUT2D eigenvalue weighted by Crippen LogP contribution is -2.30. The first-order chi connectivity index (χ1) is 16.8. The van der Waals surface area contributed by atoms with Gasteiger partial charge in [0.05, 0.1) is 25.2 Å². The monoisotopic (exact) mass is 498 g/mol. The number of sulfonamides is 1. The van der Waals surface area contributed by atoms with Crippen LogP contribution in [-0.4, -0.2) is 33.8 Å².